The number of rotatable bonds is 3. The average molecular weight is 227 g/mol. The summed E-state index contributed by atoms with van der Waals surface area (Å²) in [6.07, 6.45) is 4.25. The second kappa shape index (κ2) is 4.87. The molecule has 0 spiro atoms. The van der Waals surface area contributed by atoms with E-state index in [1.165, 1.54) is 34.0 Å². The maximum atomic E-state index is 4.60. The van der Waals surface area contributed by atoms with Gasteiger partial charge >= 0.3 is 0 Å². The summed E-state index contributed by atoms with van der Waals surface area (Å²) in [5.41, 5.74) is 5.41. The lowest BCUT2D eigenvalue weighted by Gasteiger charge is -2.13. The third-order valence-electron chi connectivity index (χ3n) is 3.41. The van der Waals surface area contributed by atoms with Crippen molar-refractivity contribution in [2.45, 2.75) is 46.5 Å². The minimum absolute atomic E-state index is 0.553. The molecule has 0 radical (unpaired) electrons. The molecule has 0 bridgehead atoms. The van der Waals surface area contributed by atoms with E-state index >= 15 is 0 Å². The van der Waals surface area contributed by atoms with Crippen LogP contribution >= 0.6 is 0 Å². The number of aryl methyl sites for hydroxylation is 2. The predicted octanol–water partition coefficient (Wildman–Crippen LogP) is 4.62. The molecule has 90 valence electrons. The molecule has 0 amide bonds. The van der Waals surface area contributed by atoms with Crippen LogP contribution in [-0.4, -0.2) is 4.98 Å². The zero-order chi connectivity index (χ0) is 12.4. The van der Waals surface area contributed by atoms with Crippen molar-refractivity contribution < 1.29 is 0 Å². The Morgan fingerprint density at radius 2 is 1.94 bits per heavy atom. The number of benzene rings is 1. The van der Waals surface area contributed by atoms with Crippen LogP contribution in [0.15, 0.2) is 24.4 Å². The highest BCUT2D eigenvalue weighted by atomic mass is 14.7. The molecular formula is C16H21N. The molecule has 0 N–H and O–H groups in total. The Hall–Kier alpha value is -1.37. The van der Waals surface area contributed by atoms with E-state index in [0.29, 0.717) is 5.92 Å². The lowest BCUT2D eigenvalue weighted by atomic mass is 9.94. The number of hydrogen-bond donors (Lipinski definition) is 0. The summed E-state index contributed by atoms with van der Waals surface area (Å²) < 4.78 is 0. The van der Waals surface area contributed by atoms with Crippen molar-refractivity contribution in [3.05, 3.63) is 41.1 Å². The van der Waals surface area contributed by atoms with Crippen molar-refractivity contribution in [1.82, 2.24) is 4.98 Å². The number of nitrogens with zero attached hydrogens (tertiary/aromatic N) is 1. The lowest BCUT2D eigenvalue weighted by molar-refractivity contribution is 0.872. The van der Waals surface area contributed by atoms with E-state index < -0.39 is 0 Å². The molecule has 1 heterocycles. The first-order chi connectivity index (χ1) is 8.15. The maximum Gasteiger partial charge on any atom is 0.0739 e. The molecule has 0 saturated carbocycles. The van der Waals surface area contributed by atoms with E-state index in [-0.39, 0.29) is 0 Å². The molecule has 0 aliphatic carbocycles. The minimum Gasteiger partial charge on any atom is -0.256 e. The number of pyridine rings is 1. The Labute approximate surface area is 104 Å². The number of fused-ring (bicyclic) bond motifs is 1. The molecule has 2 aromatic rings. The lowest BCUT2D eigenvalue weighted by Crippen LogP contribution is -1.97. The zero-order valence-electron chi connectivity index (χ0n) is 11.2. The van der Waals surface area contributed by atoms with Crippen molar-refractivity contribution in [1.29, 1.82) is 0 Å². The summed E-state index contributed by atoms with van der Waals surface area (Å²) in [5, 5.41) is 1.33. The molecule has 0 fully saturated rings. The highest BCUT2D eigenvalue weighted by molar-refractivity contribution is 5.86. The first-order valence-electron chi connectivity index (χ1n) is 6.52. The quantitative estimate of drug-likeness (QED) is 0.745. The Kier molecular flexibility index (Phi) is 3.46. The molecule has 0 aliphatic rings. The standard InChI is InChI=1S/C16H21N/c1-5-6-14-12(4)7-8-15-13(11(2)3)9-10-17-16(14)15/h7-11H,5-6H2,1-4H3. The van der Waals surface area contributed by atoms with E-state index in [4.69, 9.17) is 0 Å². The van der Waals surface area contributed by atoms with E-state index in [9.17, 15) is 0 Å². The van der Waals surface area contributed by atoms with E-state index in [2.05, 4.69) is 50.9 Å². The topological polar surface area (TPSA) is 12.9 Å². The van der Waals surface area contributed by atoms with Gasteiger partial charge in [-0.15, -0.1) is 0 Å². The Bertz CT molecular complexity index is 526. The van der Waals surface area contributed by atoms with Gasteiger partial charge in [-0.1, -0.05) is 39.3 Å². The molecule has 1 heteroatoms. The van der Waals surface area contributed by atoms with Gasteiger partial charge < -0.3 is 0 Å². The second-order valence-electron chi connectivity index (χ2n) is 5.06. The van der Waals surface area contributed by atoms with E-state index in [0.717, 1.165) is 6.42 Å². The molecule has 0 atom stereocenters. The summed E-state index contributed by atoms with van der Waals surface area (Å²) in [6.45, 7) is 8.90. The van der Waals surface area contributed by atoms with E-state index in [1.54, 1.807) is 0 Å². The van der Waals surface area contributed by atoms with Crippen molar-refractivity contribution in [3.8, 4) is 0 Å². The molecule has 17 heavy (non-hydrogen) atoms. The van der Waals surface area contributed by atoms with Crippen LogP contribution < -0.4 is 0 Å². The van der Waals surface area contributed by atoms with Crippen molar-refractivity contribution in [2.24, 2.45) is 0 Å². The first-order valence-corrected chi connectivity index (χ1v) is 6.52. The minimum atomic E-state index is 0.553. The number of aromatic nitrogens is 1. The van der Waals surface area contributed by atoms with Gasteiger partial charge in [-0.3, -0.25) is 4.98 Å². The van der Waals surface area contributed by atoms with Crippen LogP contribution in [0.4, 0.5) is 0 Å². The largest absolute Gasteiger partial charge is 0.256 e. The Morgan fingerprint density at radius 3 is 2.59 bits per heavy atom. The van der Waals surface area contributed by atoms with Crippen LogP contribution in [-0.2, 0) is 6.42 Å². The summed E-state index contributed by atoms with van der Waals surface area (Å²) in [7, 11) is 0. The molecular weight excluding hydrogens is 206 g/mol. The van der Waals surface area contributed by atoms with Gasteiger partial charge in [0.15, 0.2) is 0 Å². The van der Waals surface area contributed by atoms with Crippen LogP contribution in [0.5, 0.6) is 0 Å². The average Bonchev–Trinajstić information content (AvgIpc) is 2.32. The normalized spacial score (nSPS) is 11.4. The third kappa shape index (κ3) is 2.19. The fraction of sp³-hybridized carbons (Fsp3) is 0.438. The summed E-state index contributed by atoms with van der Waals surface area (Å²) in [4.78, 5) is 4.60. The first kappa shape index (κ1) is 12.1. The number of hydrogen-bond acceptors (Lipinski definition) is 1. The van der Waals surface area contributed by atoms with Gasteiger partial charge in [-0.05, 0) is 42.0 Å². The fourth-order valence-electron chi connectivity index (χ4n) is 2.47. The maximum absolute atomic E-state index is 4.60. The monoisotopic (exact) mass is 227 g/mol. The van der Waals surface area contributed by atoms with Gasteiger partial charge in [0.05, 0.1) is 5.52 Å². The smallest absolute Gasteiger partial charge is 0.0739 e. The molecule has 1 aromatic carbocycles. The van der Waals surface area contributed by atoms with Crippen LogP contribution in [0.3, 0.4) is 0 Å². The van der Waals surface area contributed by atoms with Gasteiger partial charge in [-0.2, -0.15) is 0 Å². The third-order valence-corrected chi connectivity index (χ3v) is 3.41. The Morgan fingerprint density at radius 1 is 1.18 bits per heavy atom. The molecule has 1 nitrogen and oxygen atoms in total. The van der Waals surface area contributed by atoms with Gasteiger partial charge in [0.25, 0.3) is 0 Å². The molecule has 1 aromatic heterocycles. The van der Waals surface area contributed by atoms with Gasteiger partial charge in [0, 0.05) is 11.6 Å². The van der Waals surface area contributed by atoms with Crippen LogP contribution in [0.1, 0.15) is 49.8 Å². The molecule has 0 unspecified atom stereocenters. The SMILES string of the molecule is CCCc1c(C)ccc2c(C(C)C)ccnc12. The summed E-state index contributed by atoms with van der Waals surface area (Å²) >= 11 is 0. The second-order valence-corrected chi connectivity index (χ2v) is 5.06. The molecule has 0 aliphatic heterocycles. The van der Waals surface area contributed by atoms with Crippen LogP contribution in [0.2, 0.25) is 0 Å². The van der Waals surface area contributed by atoms with Crippen molar-refractivity contribution >= 4 is 10.9 Å². The van der Waals surface area contributed by atoms with Crippen LogP contribution in [0.25, 0.3) is 10.9 Å². The summed E-state index contributed by atoms with van der Waals surface area (Å²) in [6, 6.07) is 6.62. The zero-order valence-corrected chi connectivity index (χ0v) is 11.2. The highest BCUT2D eigenvalue weighted by Gasteiger charge is 2.10. The van der Waals surface area contributed by atoms with Gasteiger partial charge in [0.2, 0.25) is 0 Å². The van der Waals surface area contributed by atoms with Crippen molar-refractivity contribution in [2.75, 3.05) is 0 Å². The van der Waals surface area contributed by atoms with Crippen molar-refractivity contribution in [3.63, 3.8) is 0 Å². The Balaban J connectivity index is 2.73. The van der Waals surface area contributed by atoms with Gasteiger partial charge in [0.1, 0.15) is 0 Å². The van der Waals surface area contributed by atoms with E-state index in [1.807, 2.05) is 6.20 Å². The summed E-state index contributed by atoms with van der Waals surface area (Å²) in [5.74, 6) is 0.553. The highest BCUT2D eigenvalue weighted by Crippen LogP contribution is 2.28. The predicted molar refractivity (Wildman–Crippen MR) is 74.6 cm³/mol. The fourth-order valence-corrected chi connectivity index (χ4v) is 2.47. The molecule has 0 saturated heterocycles. The molecule has 2 rings (SSSR count). The van der Waals surface area contributed by atoms with Gasteiger partial charge in [-0.25, -0.2) is 0 Å². The van der Waals surface area contributed by atoms with Crippen LogP contribution in [0, 0.1) is 6.92 Å².